The van der Waals surface area contributed by atoms with Crippen molar-refractivity contribution >= 4 is 10.0 Å². The summed E-state index contributed by atoms with van der Waals surface area (Å²) < 4.78 is 28.4. The molecule has 0 saturated carbocycles. The number of hydrogen-bond donors (Lipinski definition) is 2. The van der Waals surface area contributed by atoms with Gasteiger partial charge in [-0.05, 0) is 19.4 Å². The van der Waals surface area contributed by atoms with Crippen LogP contribution < -0.4 is 10.0 Å². The minimum atomic E-state index is -3.51. The zero-order valence-corrected chi connectivity index (χ0v) is 12.9. The van der Waals surface area contributed by atoms with Crippen LogP contribution in [0.1, 0.15) is 27.7 Å². The number of hydrogen-bond acceptors (Lipinski definition) is 4. The Kier molecular flexibility index (Phi) is 5.96. The first-order chi connectivity index (χ1) is 8.85. The lowest BCUT2D eigenvalue weighted by molar-refractivity contribution is 0.520. The van der Waals surface area contributed by atoms with E-state index >= 15 is 0 Å². The molecule has 0 bridgehead atoms. The highest BCUT2D eigenvalue weighted by Gasteiger charge is 2.18. The van der Waals surface area contributed by atoms with E-state index in [0.29, 0.717) is 12.5 Å². The first-order valence-corrected chi connectivity index (χ1v) is 8.08. The Morgan fingerprint density at radius 2 is 2.05 bits per heavy atom. The van der Waals surface area contributed by atoms with Crippen LogP contribution in [0.25, 0.3) is 0 Å². The van der Waals surface area contributed by atoms with Crippen molar-refractivity contribution in [2.24, 2.45) is 5.92 Å². The summed E-state index contributed by atoms with van der Waals surface area (Å²) in [6.07, 6.45) is 3.13. The van der Waals surface area contributed by atoms with Crippen molar-refractivity contribution in [1.82, 2.24) is 19.6 Å². The van der Waals surface area contributed by atoms with Crippen molar-refractivity contribution in [2.45, 2.75) is 45.3 Å². The van der Waals surface area contributed by atoms with E-state index in [2.05, 4.69) is 28.9 Å². The molecule has 0 fully saturated rings. The number of aromatic nitrogens is 2. The van der Waals surface area contributed by atoms with Gasteiger partial charge in [-0.25, -0.2) is 18.1 Å². The summed E-state index contributed by atoms with van der Waals surface area (Å²) in [5.41, 5.74) is 0. The fraction of sp³-hybridized carbons (Fsp3) is 0.750. The SMILES string of the molecule is CCN[C@H](C)CNS(=O)(=O)c1cn(CC(C)C)cn1. The van der Waals surface area contributed by atoms with Gasteiger partial charge >= 0.3 is 0 Å². The van der Waals surface area contributed by atoms with Crippen LogP contribution in [0.5, 0.6) is 0 Å². The van der Waals surface area contributed by atoms with Crippen molar-refractivity contribution in [2.75, 3.05) is 13.1 Å². The van der Waals surface area contributed by atoms with Crippen molar-refractivity contribution in [3.8, 4) is 0 Å². The molecular weight excluding hydrogens is 264 g/mol. The third-order valence-electron chi connectivity index (χ3n) is 2.59. The molecule has 0 unspecified atom stereocenters. The van der Waals surface area contributed by atoms with Gasteiger partial charge in [-0.3, -0.25) is 0 Å². The molecule has 2 N–H and O–H groups in total. The number of nitrogens with zero attached hydrogens (tertiary/aromatic N) is 2. The maximum absolute atomic E-state index is 12.0. The Balaban J connectivity index is 2.64. The van der Waals surface area contributed by atoms with Crippen LogP contribution >= 0.6 is 0 Å². The minimum Gasteiger partial charge on any atom is -0.336 e. The summed E-state index contributed by atoms with van der Waals surface area (Å²) in [6.45, 7) is 9.99. The van der Waals surface area contributed by atoms with E-state index in [4.69, 9.17) is 0 Å². The molecule has 0 amide bonds. The topological polar surface area (TPSA) is 76.0 Å². The van der Waals surface area contributed by atoms with Crippen LogP contribution in [0, 0.1) is 5.92 Å². The van der Waals surface area contributed by atoms with E-state index < -0.39 is 10.0 Å². The predicted octanol–water partition coefficient (Wildman–Crippen LogP) is 0.815. The molecular formula is C12H24N4O2S. The molecule has 1 atom stereocenters. The zero-order valence-electron chi connectivity index (χ0n) is 12.0. The second kappa shape index (κ2) is 7.02. The minimum absolute atomic E-state index is 0.0804. The predicted molar refractivity (Wildman–Crippen MR) is 75.4 cm³/mol. The van der Waals surface area contributed by atoms with Crippen molar-refractivity contribution in [3.63, 3.8) is 0 Å². The molecule has 1 heterocycles. The Morgan fingerprint density at radius 3 is 2.63 bits per heavy atom. The molecule has 0 aromatic carbocycles. The Bertz CT molecular complexity index is 482. The van der Waals surface area contributed by atoms with Crippen molar-refractivity contribution < 1.29 is 8.42 Å². The number of nitrogens with one attached hydrogen (secondary N) is 2. The Labute approximate surface area is 115 Å². The van der Waals surface area contributed by atoms with E-state index in [9.17, 15) is 8.42 Å². The van der Waals surface area contributed by atoms with Crippen LogP contribution in [-0.4, -0.2) is 37.1 Å². The average Bonchev–Trinajstić information content (AvgIpc) is 2.75. The molecule has 0 aliphatic rings. The van der Waals surface area contributed by atoms with Gasteiger partial charge in [0.05, 0.1) is 6.33 Å². The van der Waals surface area contributed by atoms with Gasteiger partial charge in [0.15, 0.2) is 5.03 Å². The van der Waals surface area contributed by atoms with Crippen molar-refractivity contribution in [1.29, 1.82) is 0 Å². The fourth-order valence-electron chi connectivity index (χ4n) is 1.73. The number of likely N-dealkylation sites (N-methyl/N-ethyl adjacent to an activating group) is 1. The molecule has 0 spiro atoms. The van der Waals surface area contributed by atoms with Gasteiger partial charge < -0.3 is 9.88 Å². The molecule has 0 aliphatic heterocycles. The summed E-state index contributed by atoms with van der Waals surface area (Å²) in [6, 6.07) is 0.0949. The highest BCUT2D eigenvalue weighted by atomic mass is 32.2. The molecule has 110 valence electrons. The van der Waals surface area contributed by atoms with Gasteiger partial charge in [0, 0.05) is 25.3 Å². The lowest BCUT2D eigenvalue weighted by Gasteiger charge is -2.12. The fourth-order valence-corrected chi connectivity index (χ4v) is 2.81. The lowest BCUT2D eigenvalue weighted by Crippen LogP contribution is -2.38. The number of imidazole rings is 1. The third-order valence-corrected chi connectivity index (χ3v) is 3.90. The quantitative estimate of drug-likeness (QED) is 0.742. The van der Waals surface area contributed by atoms with Gasteiger partial charge in [0.25, 0.3) is 10.0 Å². The smallest absolute Gasteiger partial charge is 0.259 e. The lowest BCUT2D eigenvalue weighted by atomic mass is 10.2. The molecule has 6 nitrogen and oxygen atoms in total. The first kappa shape index (κ1) is 16.1. The van der Waals surface area contributed by atoms with Crippen LogP contribution in [0.2, 0.25) is 0 Å². The highest BCUT2D eigenvalue weighted by molar-refractivity contribution is 7.89. The van der Waals surface area contributed by atoms with Crippen LogP contribution in [-0.2, 0) is 16.6 Å². The average molecular weight is 288 g/mol. The van der Waals surface area contributed by atoms with E-state index in [1.54, 1.807) is 17.1 Å². The summed E-state index contributed by atoms with van der Waals surface area (Å²) in [5, 5.41) is 3.23. The molecule has 1 aromatic heterocycles. The van der Waals surface area contributed by atoms with Crippen LogP contribution in [0.4, 0.5) is 0 Å². The van der Waals surface area contributed by atoms with E-state index in [0.717, 1.165) is 13.1 Å². The molecule has 19 heavy (non-hydrogen) atoms. The maximum Gasteiger partial charge on any atom is 0.259 e. The van der Waals surface area contributed by atoms with Crippen LogP contribution in [0.15, 0.2) is 17.6 Å². The van der Waals surface area contributed by atoms with E-state index in [1.807, 2.05) is 13.8 Å². The van der Waals surface area contributed by atoms with Crippen LogP contribution in [0.3, 0.4) is 0 Å². The number of rotatable bonds is 8. The summed E-state index contributed by atoms with van der Waals surface area (Å²) >= 11 is 0. The molecule has 1 aromatic rings. The normalized spacial score (nSPS) is 13.9. The Morgan fingerprint density at radius 1 is 1.37 bits per heavy atom. The monoisotopic (exact) mass is 288 g/mol. The summed E-state index contributed by atoms with van der Waals surface area (Å²) in [4.78, 5) is 3.96. The standard InChI is InChI=1S/C12H24N4O2S/c1-5-13-11(4)6-15-19(17,18)12-8-16(9-14-12)7-10(2)3/h8-11,13,15H,5-7H2,1-4H3/t11-/m1/s1. The van der Waals surface area contributed by atoms with Crippen molar-refractivity contribution in [3.05, 3.63) is 12.5 Å². The summed E-state index contributed by atoms with van der Waals surface area (Å²) in [7, 11) is -3.51. The largest absolute Gasteiger partial charge is 0.336 e. The number of sulfonamides is 1. The third kappa shape index (κ3) is 5.30. The molecule has 1 rings (SSSR count). The molecule has 7 heteroatoms. The highest BCUT2D eigenvalue weighted by Crippen LogP contribution is 2.07. The molecule has 0 aliphatic carbocycles. The Hall–Kier alpha value is -0.920. The van der Waals surface area contributed by atoms with E-state index in [1.165, 1.54) is 0 Å². The van der Waals surface area contributed by atoms with E-state index in [-0.39, 0.29) is 11.1 Å². The summed E-state index contributed by atoms with van der Waals surface area (Å²) in [5.74, 6) is 0.450. The van der Waals surface area contributed by atoms with Gasteiger partial charge in [-0.2, -0.15) is 0 Å². The second-order valence-corrected chi connectivity index (χ2v) is 6.83. The first-order valence-electron chi connectivity index (χ1n) is 6.60. The second-order valence-electron chi connectivity index (χ2n) is 5.11. The van der Waals surface area contributed by atoms with Gasteiger partial charge in [0.1, 0.15) is 0 Å². The van der Waals surface area contributed by atoms with Gasteiger partial charge in [-0.1, -0.05) is 20.8 Å². The molecule has 0 saturated heterocycles. The maximum atomic E-state index is 12.0. The van der Waals surface area contributed by atoms with Gasteiger partial charge in [0.2, 0.25) is 0 Å². The zero-order chi connectivity index (χ0) is 14.5. The van der Waals surface area contributed by atoms with Gasteiger partial charge in [-0.15, -0.1) is 0 Å². The molecule has 0 radical (unpaired) electrons.